The summed E-state index contributed by atoms with van der Waals surface area (Å²) in [4.78, 5) is 0. The summed E-state index contributed by atoms with van der Waals surface area (Å²) in [5, 5.41) is 0. The molecule has 0 saturated heterocycles. The highest BCUT2D eigenvalue weighted by molar-refractivity contribution is 5.80. The van der Waals surface area contributed by atoms with Crippen LogP contribution in [0, 0.1) is 0 Å². The van der Waals surface area contributed by atoms with E-state index in [0.29, 0.717) is 0 Å². The number of benzene rings is 2. The third-order valence-corrected chi connectivity index (χ3v) is 3.49. The Morgan fingerprint density at radius 2 is 1.00 bits per heavy atom. The molecule has 0 bridgehead atoms. The molecule has 17 heavy (non-hydrogen) atoms. The van der Waals surface area contributed by atoms with Crippen LogP contribution in [0.4, 0.5) is 0 Å². The Balaban J connectivity index is 0.000000514. The van der Waals surface area contributed by atoms with Crippen LogP contribution in [0.3, 0.4) is 0 Å². The zero-order valence-electron chi connectivity index (χ0n) is 11.1. The first kappa shape index (κ1) is 11.9. The fourth-order valence-electron chi connectivity index (χ4n) is 2.67. The summed E-state index contributed by atoms with van der Waals surface area (Å²) in [7, 11) is 0. The minimum atomic E-state index is 0.160. The van der Waals surface area contributed by atoms with Crippen molar-refractivity contribution in [3.63, 3.8) is 0 Å². The molecule has 0 amide bonds. The van der Waals surface area contributed by atoms with E-state index in [1.807, 2.05) is 13.8 Å². The maximum absolute atomic E-state index is 2.30. The molecular formula is C17H20. The fraction of sp³-hybridized carbons (Fsp3) is 0.294. The number of hydrogen-bond donors (Lipinski definition) is 0. The Hall–Kier alpha value is -1.56. The first-order chi connectivity index (χ1) is 8.21. The van der Waals surface area contributed by atoms with Crippen molar-refractivity contribution in [3.8, 4) is 11.1 Å². The zero-order chi connectivity index (χ0) is 12.5. The molecule has 0 unspecified atom stereocenters. The van der Waals surface area contributed by atoms with Gasteiger partial charge in [0.15, 0.2) is 0 Å². The summed E-state index contributed by atoms with van der Waals surface area (Å²) in [5.41, 5.74) is 5.86. The quantitative estimate of drug-likeness (QED) is 0.589. The molecule has 3 rings (SSSR count). The summed E-state index contributed by atoms with van der Waals surface area (Å²) in [6.45, 7) is 8.61. The Morgan fingerprint density at radius 1 is 0.647 bits per heavy atom. The van der Waals surface area contributed by atoms with Gasteiger partial charge in [-0.1, -0.05) is 76.2 Å². The van der Waals surface area contributed by atoms with E-state index < -0.39 is 0 Å². The predicted octanol–water partition coefficient (Wildman–Crippen LogP) is 5.02. The molecule has 0 spiro atoms. The van der Waals surface area contributed by atoms with Gasteiger partial charge in [0, 0.05) is 5.41 Å². The molecule has 0 nitrogen and oxygen atoms in total. The van der Waals surface area contributed by atoms with E-state index in [9.17, 15) is 0 Å². The van der Waals surface area contributed by atoms with Crippen molar-refractivity contribution >= 4 is 0 Å². The SMILES string of the molecule is CC.CC1(C)c2ccccc2-c2ccccc21. The van der Waals surface area contributed by atoms with Gasteiger partial charge in [0.2, 0.25) is 0 Å². The van der Waals surface area contributed by atoms with Gasteiger partial charge in [0.25, 0.3) is 0 Å². The number of hydrogen-bond acceptors (Lipinski definition) is 0. The van der Waals surface area contributed by atoms with E-state index in [1.54, 1.807) is 0 Å². The average Bonchev–Trinajstić information content (AvgIpc) is 2.63. The number of rotatable bonds is 0. The first-order valence-corrected chi connectivity index (χ1v) is 6.40. The van der Waals surface area contributed by atoms with Crippen LogP contribution in [0.5, 0.6) is 0 Å². The lowest BCUT2D eigenvalue weighted by molar-refractivity contribution is 0.660. The topological polar surface area (TPSA) is 0 Å². The van der Waals surface area contributed by atoms with E-state index >= 15 is 0 Å². The summed E-state index contributed by atoms with van der Waals surface area (Å²) in [6, 6.07) is 17.4. The lowest BCUT2D eigenvalue weighted by Crippen LogP contribution is -2.14. The van der Waals surface area contributed by atoms with Crippen molar-refractivity contribution in [1.82, 2.24) is 0 Å². The molecule has 1 aliphatic carbocycles. The summed E-state index contributed by atoms with van der Waals surface area (Å²) >= 11 is 0. The molecule has 0 N–H and O–H groups in total. The van der Waals surface area contributed by atoms with Crippen LogP contribution in [-0.4, -0.2) is 0 Å². The van der Waals surface area contributed by atoms with Gasteiger partial charge in [-0.15, -0.1) is 0 Å². The minimum absolute atomic E-state index is 0.160. The summed E-state index contributed by atoms with van der Waals surface area (Å²) in [5.74, 6) is 0. The largest absolute Gasteiger partial charge is 0.0683 e. The summed E-state index contributed by atoms with van der Waals surface area (Å²) in [6.07, 6.45) is 0. The molecule has 88 valence electrons. The molecule has 0 heteroatoms. The molecule has 0 saturated carbocycles. The van der Waals surface area contributed by atoms with E-state index in [0.717, 1.165) is 0 Å². The van der Waals surface area contributed by atoms with Gasteiger partial charge in [-0.05, 0) is 22.3 Å². The van der Waals surface area contributed by atoms with E-state index in [1.165, 1.54) is 22.3 Å². The molecule has 0 aromatic heterocycles. The lowest BCUT2D eigenvalue weighted by atomic mass is 9.82. The van der Waals surface area contributed by atoms with Gasteiger partial charge in [0.05, 0.1) is 0 Å². The van der Waals surface area contributed by atoms with E-state index in [2.05, 4.69) is 62.4 Å². The van der Waals surface area contributed by atoms with Gasteiger partial charge in [-0.3, -0.25) is 0 Å². The Kier molecular flexibility index (Phi) is 3.06. The first-order valence-electron chi connectivity index (χ1n) is 6.40. The standard InChI is InChI=1S/C15H14.C2H6/c1-15(2)13-9-5-3-7-11(13)12-8-4-6-10-14(12)15;1-2/h3-10H,1-2H3;1-2H3. The minimum Gasteiger partial charge on any atom is -0.0683 e. The highest BCUT2D eigenvalue weighted by Crippen LogP contribution is 2.47. The maximum atomic E-state index is 2.30. The second kappa shape index (κ2) is 4.37. The van der Waals surface area contributed by atoms with Crippen LogP contribution in [0.25, 0.3) is 11.1 Å². The van der Waals surface area contributed by atoms with Gasteiger partial charge < -0.3 is 0 Å². The van der Waals surface area contributed by atoms with Crippen LogP contribution in [0.15, 0.2) is 48.5 Å². The molecule has 0 fully saturated rings. The van der Waals surface area contributed by atoms with Crippen molar-refractivity contribution in [2.75, 3.05) is 0 Å². The van der Waals surface area contributed by atoms with E-state index in [4.69, 9.17) is 0 Å². The van der Waals surface area contributed by atoms with Crippen molar-refractivity contribution in [3.05, 3.63) is 59.7 Å². The molecule has 0 radical (unpaired) electrons. The average molecular weight is 224 g/mol. The second-order valence-electron chi connectivity index (χ2n) is 4.72. The molecular weight excluding hydrogens is 204 g/mol. The third-order valence-electron chi connectivity index (χ3n) is 3.49. The van der Waals surface area contributed by atoms with Gasteiger partial charge in [-0.25, -0.2) is 0 Å². The van der Waals surface area contributed by atoms with E-state index in [-0.39, 0.29) is 5.41 Å². The molecule has 1 aliphatic rings. The van der Waals surface area contributed by atoms with Crippen molar-refractivity contribution in [2.24, 2.45) is 0 Å². The molecule has 0 aliphatic heterocycles. The van der Waals surface area contributed by atoms with Crippen molar-refractivity contribution < 1.29 is 0 Å². The van der Waals surface area contributed by atoms with Crippen LogP contribution >= 0.6 is 0 Å². The van der Waals surface area contributed by atoms with Crippen LogP contribution < -0.4 is 0 Å². The normalized spacial score (nSPS) is 14.4. The van der Waals surface area contributed by atoms with Crippen molar-refractivity contribution in [1.29, 1.82) is 0 Å². The maximum Gasteiger partial charge on any atom is 0.0158 e. The molecule has 2 aromatic rings. The highest BCUT2D eigenvalue weighted by Gasteiger charge is 2.34. The fourth-order valence-corrected chi connectivity index (χ4v) is 2.67. The zero-order valence-corrected chi connectivity index (χ0v) is 11.1. The molecule has 0 atom stereocenters. The van der Waals surface area contributed by atoms with Crippen molar-refractivity contribution in [2.45, 2.75) is 33.1 Å². The third kappa shape index (κ3) is 1.68. The number of fused-ring (bicyclic) bond motifs is 3. The highest BCUT2D eigenvalue weighted by atomic mass is 14.4. The van der Waals surface area contributed by atoms with Gasteiger partial charge >= 0.3 is 0 Å². The monoisotopic (exact) mass is 224 g/mol. The van der Waals surface area contributed by atoms with Crippen LogP contribution in [0.2, 0.25) is 0 Å². The van der Waals surface area contributed by atoms with Gasteiger partial charge in [-0.2, -0.15) is 0 Å². The molecule has 0 heterocycles. The van der Waals surface area contributed by atoms with Gasteiger partial charge in [0.1, 0.15) is 0 Å². The van der Waals surface area contributed by atoms with Crippen LogP contribution in [0.1, 0.15) is 38.8 Å². The van der Waals surface area contributed by atoms with Crippen LogP contribution in [-0.2, 0) is 5.41 Å². The lowest BCUT2D eigenvalue weighted by Gasteiger charge is -2.20. The molecule has 2 aromatic carbocycles. The smallest absolute Gasteiger partial charge is 0.0158 e. The predicted molar refractivity (Wildman–Crippen MR) is 75.4 cm³/mol. The Bertz CT molecular complexity index is 474. The summed E-state index contributed by atoms with van der Waals surface area (Å²) < 4.78 is 0. The second-order valence-corrected chi connectivity index (χ2v) is 4.72. The Morgan fingerprint density at radius 3 is 1.41 bits per heavy atom. The Labute approximate surface area is 104 Å².